The fraction of sp³-hybridized carbons (Fsp3) is 0.333. The lowest BCUT2D eigenvalue weighted by molar-refractivity contribution is 0.271. The highest BCUT2D eigenvalue weighted by atomic mass is 16.3. The van der Waals surface area contributed by atoms with Gasteiger partial charge in [-0.15, -0.1) is 0 Å². The minimum absolute atomic E-state index is 0.0174. The van der Waals surface area contributed by atoms with Crippen LogP contribution in [0.15, 0.2) is 55.0 Å². The number of aliphatic hydroxyl groups excluding tert-OH is 1. The Morgan fingerprint density at radius 1 is 1.03 bits per heavy atom. The predicted octanol–water partition coefficient (Wildman–Crippen LogP) is 4.26. The summed E-state index contributed by atoms with van der Waals surface area (Å²) in [7, 11) is 0. The molecule has 0 aliphatic carbocycles. The van der Waals surface area contributed by atoms with Crippen LogP contribution >= 0.6 is 0 Å². The van der Waals surface area contributed by atoms with Crippen LogP contribution in [0.2, 0.25) is 0 Å². The number of anilines is 2. The van der Waals surface area contributed by atoms with Gasteiger partial charge in [-0.25, -0.2) is 4.98 Å². The summed E-state index contributed by atoms with van der Waals surface area (Å²) in [6.07, 6.45) is 4.43. The molecule has 0 amide bonds. The van der Waals surface area contributed by atoms with Gasteiger partial charge in [0.1, 0.15) is 0 Å². The molecule has 0 unspecified atom stereocenters. The molecule has 0 saturated heterocycles. The highest BCUT2D eigenvalue weighted by Gasteiger charge is 2.16. The lowest BCUT2D eigenvalue weighted by Gasteiger charge is -2.16. The van der Waals surface area contributed by atoms with Gasteiger partial charge in [-0.05, 0) is 31.9 Å². The van der Waals surface area contributed by atoms with E-state index in [2.05, 4.69) is 50.5 Å². The van der Waals surface area contributed by atoms with E-state index < -0.39 is 0 Å². The summed E-state index contributed by atoms with van der Waals surface area (Å²) >= 11 is 0. The highest BCUT2D eigenvalue weighted by molar-refractivity contribution is 5.84. The first kappa shape index (κ1) is 21.7. The third-order valence-electron chi connectivity index (χ3n) is 5.38. The second-order valence-corrected chi connectivity index (χ2v) is 8.02. The maximum atomic E-state index is 9.57. The molecule has 0 bridgehead atoms. The summed E-state index contributed by atoms with van der Waals surface area (Å²) < 4.78 is 2.02. The van der Waals surface area contributed by atoms with E-state index in [1.807, 2.05) is 54.1 Å². The summed E-state index contributed by atoms with van der Waals surface area (Å²) in [5.74, 6) is 1.12. The van der Waals surface area contributed by atoms with Crippen molar-refractivity contribution in [2.24, 2.45) is 0 Å². The average molecular weight is 432 g/mol. The average Bonchev–Trinajstić information content (AvgIpc) is 3.26. The van der Waals surface area contributed by atoms with E-state index in [-0.39, 0.29) is 18.7 Å². The minimum atomic E-state index is -0.106. The Kier molecular flexibility index (Phi) is 6.61. The van der Waals surface area contributed by atoms with Crippen LogP contribution in [0.5, 0.6) is 0 Å². The molecule has 1 aromatic carbocycles. The molecule has 0 radical (unpaired) electrons. The third kappa shape index (κ3) is 4.70. The van der Waals surface area contributed by atoms with E-state index in [4.69, 9.17) is 0 Å². The number of hydrogen-bond acceptors (Lipinski definition) is 7. The number of pyridine rings is 1. The summed E-state index contributed by atoms with van der Waals surface area (Å²) in [4.78, 5) is 18.5. The second-order valence-electron chi connectivity index (χ2n) is 8.02. The van der Waals surface area contributed by atoms with Gasteiger partial charge >= 0.3 is 0 Å². The smallest absolute Gasteiger partial charge is 0.227 e. The summed E-state index contributed by atoms with van der Waals surface area (Å²) in [5, 5.41) is 16.2. The number of hydrogen-bond donors (Lipinski definition) is 3. The number of fused-ring (bicyclic) bond motifs is 1. The predicted molar refractivity (Wildman–Crippen MR) is 127 cm³/mol. The van der Waals surface area contributed by atoms with Gasteiger partial charge in [-0.1, -0.05) is 43.3 Å². The first-order valence-corrected chi connectivity index (χ1v) is 10.9. The summed E-state index contributed by atoms with van der Waals surface area (Å²) in [6, 6.07) is 14.3. The topological polar surface area (TPSA) is 101 Å². The lowest BCUT2D eigenvalue weighted by atomic mass is 10.1. The first-order chi connectivity index (χ1) is 15.6. The van der Waals surface area contributed by atoms with Crippen LogP contribution in [0.25, 0.3) is 22.4 Å². The number of nitrogens with zero attached hydrogens (tertiary/aromatic N) is 5. The lowest BCUT2D eigenvalue weighted by Crippen LogP contribution is -2.24. The van der Waals surface area contributed by atoms with Crippen LogP contribution in [-0.4, -0.2) is 42.3 Å². The zero-order valence-electron chi connectivity index (χ0n) is 18.7. The molecule has 166 valence electrons. The Morgan fingerprint density at radius 2 is 1.84 bits per heavy atom. The minimum Gasteiger partial charge on any atom is -0.394 e. The Balaban J connectivity index is 1.58. The Hall–Kier alpha value is -3.52. The highest BCUT2D eigenvalue weighted by Crippen LogP contribution is 2.24. The van der Waals surface area contributed by atoms with Crippen LogP contribution < -0.4 is 10.6 Å². The van der Waals surface area contributed by atoms with Gasteiger partial charge in [0.2, 0.25) is 5.95 Å². The monoisotopic (exact) mass is 431 g/mol. The quantitative estimate of drug-likeness (QED) is 0.364. The van der Waals surface area contributed by atoms with E-state index in [0.29, 0.717) is 18.3 Å². The van der Waals surface area contributed by atoms with Crippen molar-refractivity contribution in [2.45, 2.75) is 45.8 Å². The molecule has 0 saturated carbocycles. The SMILES string of the molecule is CC[C@H](CO)Nc1nc(NCc2ccc(-c3ccccc3)nc2)c2ncn(C(C)C)c2n1. The molecule has 4 aromatic rings. The zero-order chi connectivity index (χ0) is 22.5. The molecular formula is C24H29N7O. The molecule has 0 aliphatic heterocycles. The van der Waals surface area contributed by atoms with Crippen molar-refractivity contribution in [1.82, 2.24) is 24.5 Å². The Bertz CT molecular complexity index is 1150. The number of aromatic nitrogens is 5. The molecular weight excluding hydrogens is 402 g/mol. The zero-order valence-corrected chi connectivity index (χ0v) is 18.7. The molecule has 3 aromatic heterocycles. The molecule has 0 spiro atoms. The van der Waals surface area contributed by atoms with Gasteiger partial charge in [0.25, 0.3) is 0 Å². The van der Waals surface area contributed by atoms with E-state index in [9.17, 15) is 5.11 Å². The van der Waals surface area contributed by atoms with Gasteiger partial charge < -0.3 is 20.3 Å². The molecule has 3 heterocycles. The molecule has 8 nitrogen and oxygen atoms in total. The summed E-state index contributed by atoms with van der Waals surface area (Å²) in [5.41, 5.74) is 4.54. The molecule has 3 N–H and O–H groups in total. The van der Waals surface area contributed by atoms with Crippen LogP contribution in [0.1, 0.15) is 38.8 Å². The van der Waals surface area contributed by atoms with Crippen LogP contribution in [-0.2, 0) is 6.54 Å². The molecule has 1 atom stereocenters. The van der Waals surface area contributed by atoms with Crippen molar-refractivity contribution >= 4 is 22.9 Å². The largest absolute Gasteiger partial charge is 0.394 e. The Morgan fingerprint density at radius 3 is 2.50 bits per heavy atom. The number of nitrogens with one attached hydrogen (secondary N) is 2. The standard InChI is InChI=1S/C24H29N7O/c1-4-19(14-32)28-24-29-22(21-23(30-24)31(15-27-21)16(2)3)26-13-17-10-11-20(25-12-17)18-8-6-5-7-9-18/h5-12,15-16,19,32H,4,13-14H2,1-3H3,(H2,26,28,29,30)/t19-/m1/s1. The second kappa shape index (κ2) is 9.74. The van der Waals surface area contributed by atoms with Gasteiger partial charge in [-0.3, -0.25) is 4.98 Å². The fourth-order valence-corrected chi connectivity index (χ4v) is 3.44. The van der Waals surface area contributed by atoms with Crippen molar-refractivity contribution in [3.63, 3.8) is 0 Å². The molecule has 32 heavy (non-hydrogen) atoms. The van der Waals surface area contributed by atoms with E-state index in [0.717, 1.165) is 34.4 Å². The third-order valence-corrected chi connectivity index (χ3v) is 5.38. The maximum Gasteiger partial charge on any atom is 0.227 e. The van der Waals surface area contributed by atoms with Crippen LogP contribution in [0, 0.1) is 0 Å². The molecule has 0 fully saturated rings. The van der Waals surface area contributed by atoms with Gasteiger partial charge in [0, 0.05) is 24.3 Å². The number of benzene rings is 1. The van der Waals surface area contributed by atoms with Crippen molar-refractivity contribution in [2.75, 3.05) is 17.2 Å². The van der Waals surface area contributed by atoms with E-state index >= 15 is 0 Å². The molecule has 4 rings (SSSR count). The molecule has 8 heteroatoms. The first-order valence-electron chi connectivity index (χ1n) is 10.9. The number of aliphatic hydroxyl groups is 1. The number of imidazole rings is 1. The Labute approximate surface area is 187 Å². The van der Waals surface area contributed by atoms with Gasteiger partial charge in [0.05, 0.1) is 24.7 Å². The van der Waals surface area contributed by atoms with E-state index in [1.165, 1.54) is 0 Å². The fourth-order valence-electron chi connectivity index (χ4n) is 3.44. The van der Waals surface area contributed by atoms with Crippen molar-refractivity contribution in [3.05, 3.63) is 60.6 Å². The summed E-state index contributed by atoms with van der Waals surface area (Å²) in [6.45, 7) is 6.76. The van der Waals surface area contributed by atoms with Crippen molar-refractivity contribution in [1.29, 1.82) is 0 Å². The van der Waals surface area contributed by atoms with Crippen LogP contribution in [0.4, 0.5) is 11.8 Å². The normalized spacial score (nSPS) is 12.3. The van der Waals surface area contributed by atoms with Crippen molar-refractivity contribution in [3.8, 4) is 11.3 Å². The van der Waals surface area contributed by atoms with Crippen LogP contribution in [0.3, 0.4) is 0 Å². The van der Waals surface area contributed by atoms with Gasteiger partial charge in [-0.2, -0.15) is 9.97 Å². The molecule has 0 aliphatic rings. The number of rotatable bonds is 9. The van der Waals surface area contributed by atoms with Crippen molar-refractivity contribution < 1.29 is 5.11 Å². The maximum absolute atomic E-state index is 9.57. The van der Waals surface area contributed by atoms with Gasteiger partial charge in [0.15, 0.2) is 17.0 Å². The van der Waals surface area contributed by atoms with E-state index in [1.54, 1.807) is 6.33 Å².